The van der Waals surface area contributed by atoms with E-state index in [2.05, 4.69) is 10.2 Å². The molecule has 1 aromatic heterocycles. The van der Waals surface area contributed by atoms with Gasteiger partial charge in [-0.2, -0.15) is 0 Å². The molecule has 0 spiro atoms. The molecular weight excluding hydrogens is 281 g/mol. The van der Waals surface area contributed by atoms with Crippen LogP contribution in [0.2, 0.25) is 5.15 Å². The Morgan fingerprint density at radius 3 is 2.84 bits per heavy atom. The van der Waals surface area contributed by atoms with Gasteiger partial charge in [-0.25, -0.2) is 4.39 Å². The van der Waals surface area contributed by atoms with Crippen LogP contribution < -0.4 is 10.2 Å². The van der Waals surface area contributed by atoms with Gasteiger partial charge in [-0.05, 0) is 6.07 Å². The zero-order valence-corrected chi connectivity index (χ0v) is 9.85. The number of nitrogens with zero attached hydrogens (tertiary/aromatic N) is 2. The summed E-state index contributed by atoms with van der Waals surface area (Å²) < 4.78 is 18.4. The number of nitro groups is 1. The smallest absolute Gasteiger partial charge is 0.314 e. The third-order valence-electron chi connectivity index (χ3n) is 2.07. The lowest BCUT2D eigenvalue weighted by Crippen LogP contribution is -2.08. The molecule has 0 aliphatic carbocycles. The minimum atomic E-state index is -0.981. The molecule has 0 radical (unpaired) electrons. The summed E-state index contributed by atoms with van der Waals surface area (Å²) in [4.78, 5) is 21.4. The first-order chi connectivity index (χ1) is 8.99. The van der Waals surface area contributed by atoms with E-state index in [0.29, 0.717) is 0 Å². The highest BCUT2D eigenvalue weighted by Crippen LogP contribution is 2.31. The molecule has 0 saturated carbocycles. The number of para-hydroxylation sites is 1. The van der Waals surface area contributed by atoms with Crippen molar-refractivity contribution in [3.05, 3.63) is 55.6 Å². The van der Waals surface area contributed by atoms with Gasteiger partial charge < -0.3 is 4.74 Å². The molecule has 7 nitrogen and oxygen atoms in total. The van der Waals surface area contributed by atoms with Crippen LogP contribution in [-0.2, 0) is 0 Å². The van der Waals surface area contributed by atoms with Crippen LogP contribution in [-0.4, -0.2) is 15.1 Å². The van der Waals surface area contributed by atoms with Crippen molar-refractivity contribution in [1.82, 2.24) is 10.2 Å². The van der Waals surface area contributed by atoms with Gasteiger partial charge in [0.1, 0.15) is 5.15 Å². The average Bonchev–Trinajstić information content (AvgIpc) is 2.34. The maximum atomic E-state index is 13.5. The predicted octanol–water partition coefficient (Wildman–Crippen LogP) is 2.26. The van der Waals surface area contributed by atoms with E-state index in [1.807, 2.05) is 0 Å². The molecular formula is C10H5ClFN3O4. The molecule has 9 heteroatoms. The highest BCUT2D eigenvalue weighted by Gasteiger charge is 2.21. The van der Waals surface area contributed by atoms with Crippen molar-refractivity contribution in [2.24, 2.45) is 0 Å². The zero-order valence-electron chi connectivity index (χ0n) is 9.09. The fourth-order valence-electron chi connectivity index (χ4n) is 1.28. The summed E-state index contributed by atoms with van der Waals surface area (Å²) in [5.41, 5.74) is -1.35. The second kappa shape index (κ2) is 5.02. The molecule has 98 valence electrons. The maximum absolute atomic E-state index is 13.5. The predicted molar refractivity (Wildman–Crippen MR) is 63.0 cm³/mol. The Morgan fingerprint density at radius 1 is 1.47 bits per heavy atom. The van der Waals surface area contributed by atoms with Crippen LogP contribution in [0, 0.1) is 15.9 Å². The Bertz CT molecular complexity index is 703. The molecule has 19 heavy (non-hydrogen) atoms. The summed E-state index contributed by atoms with van der Waals surface area (Å²) in [5.74, 6) is -2.21. The fraction of sp³-hybridized carbons (Fsp3) is 0. The van der Waals surface area contributed by atoms with Crippen molar-refractivity contribution in [3.63, 3.8) is 0 Å². The molecule has 1 aromatic carbocycles. The molecule has 0 aliphatic heterocycles. The molecule has 2 rings (SSSR count). The van der Waals surface area contributed by atoms with Gasteiger partial charge in [-0.15, -0.1) is 5.10 Å². The van der Waals surface area contributed by atoms with Gasteiger partial charge in [0.2, 0.25) is 11.2 Å². The summed E-state index contributed by atoms with van der Waals surface area (Å²) in [6, 6.07) is 4.12. The van der Waals surface area contributed by atoms with E-state index in [1.54, 1.807) is 0 Å². The Balaban J connectivity index is 2.49. The van der Waals surface area contributed by atoms with E-state index in [-0.39, 0.29) is 5.15 Å². The standard InChI is InChI=1S/C10H5ClFN3O4/c11-8-4-7(16)10(14-13-8)19-9-5(12)2-1-3-6(9)15(17)18/h1-4H,(H,13,16). The largest absolute Gasteiger partial charge is 0.424 e. The number of hydrogen-bond acceptors (Lipinski definition) is 5. The molecule has 0 fully saturated rings. The molecule has 0 saturated heterocycles. The normalized spacial score (nSPS) is 10.2. The molecule has 1 heterocycles. The van der Waals surface area contributed by atoms with Crippen LogP contribution in [0.15, 0.2) is 29.1 Å². The number of nitrogens with one attached hydrogen (secondary N) is 1. The lowest BCUT2D eigenvalue weighted by molar-refractivity contribution is -0.385. The molecule has 0 bridgehead atoms. The van der Waals surface area contributed by atoms with Crippen LogP contribution >= 0.6 is 11.6 Å². The highest BCUT2D eigenvalue weighted by atomic mass is 35.5. The second-order valence-corrected chi connectivity index (χ2v) is 3.74. The fourth-order valence-corrected chi connectivity index (χ4v) is 1.42. The lowest BCUT2D eigenvalue weighted by Gasteiger charge is -2.05. The summed E-state index contributed by atoms with van der Waals surface area (Å²) in [6.45, 7) is 0. The first-order valence-electron chi connectivity index (χ1n) is 4.85. The van der Waals surface area contributed by atoms with Gasteiger partial charge in [0.05, 0.1) is 4.92 Å². The van der Waals surface area contributed by atoms with Crippen molar-refractivity contribution in [2.45, 2.75) is 0 Å². The number of aromatic nitrogens is 2. The highest BCUT2D eigenvalue weighted by molar-refractivity contribution is 6.29. The SMILES string of the molecule is O=c1cc(Cl)[nH]nc1Oc1c(F)cccc1[N+](=O)[O-]. The van der Waals surface area contributed by atoms with Crippen LogP contribution in [0.25, 0.3) is 0 Å². The molecule has 0 atom stereocenters. The number of rotatable bonds is 3. The second-order valence-electron chi connectivity index (χ2n) is 3.33. The van der Waals surface area contributed by atoms with Gasteiger partial charge in [0.25, 0.3) is 5.88 Å². The van der Waals surface area contributed by atoms with Gasteiger partial charge >= 0.3 is 5.69 Å². The minimum absolute atomic E-state index is 0.0413. The van der Waals surface area contributed by atoms with Gasteiger partial charge in [0.15, 0.2) is 5.82 Å². The summed E-state index contributed by atoms with van der Waals surface area (Å²) >= 11 is 5.48. The van der Waals surface area contributed by atoms with Crippen molar-refractivity contribution in [2.75, 3.05) is 0 Å². The van der Waals surface area contributed by atoms with Crippen molar-refractivity contribution >= 4 is 17.3 Å². The summed E-state index contributed by atoms with van der Waals surface area (Å²) in [7, 11) is 0. The number of aromatic amines is 1. The third-order valence-corrected chi connectivity index (χ3v) is 2.27. The van der Waals surface area contributed by atoms with Crippen LogP contribution in [0.1, 0.15) is 0 Å². The number of nitro benzene ring substituents is 1. The molecule has 2 aromatic rings. The van der Waals surface area contributed by atoms with Crippen LogP contribution in [0.4, 0.5) is 10.1 Å². The van der Waals surface area contributed by atoms with Crippen molar-refractivity contribution in [1.29, 1.82) is 0 Å². The number of hydrogen-bond donors (Lipinski definition) is 1. The third kappa shape index (κ3) is 2.68. The minimum Gasteiger partial charge on any atom is -0.424 e. The van der Waals surface area contributed by atoms with Crippen molar-refractivity contribution in [3.8, 4) is 11.6 Å². The van der Waals surface area contributed by atoms with E-state index >= 15 is 0 Å². The Hall–Kier alpha value is -2.48. The molecule has 1 N–H and O–H groups in total. The molecule has 0 amide bonds. The monoisotopic (exact) mass is 285 g/mol. The van der Waals surface area contributed by atoms with E-state index in [4.69, 9.17) is 16.3 Å². The number of halogens is 2. The Labute approximate surface area is 109 Å². The van der Waals surface area contributed by atoms with E-state index in [9.17, 15) is 19.3 Å². The topological polar surface area (TPSA) is 98.1 Å². The van der Waals surface area contributed by atoms with Crippen LogP contribution in [0.5, 0.6) is 11.6 Å². The van der Waals surface area contributed by atoms with Gasteiger partial charge in [0, 0.05) is 12.1 Å². The maximum Gasteiger partial charge on any atom is 0.314 e. The van der Waals surface area contributed by atoms with E-state index in [1.165, 1.54) is 0 Å². The Morgan fingerprint density at radius 2 is 2.21 bits per heavy atom. The molecule has 0 aliphatic rings. The first-order valence-corrected chi connectivity index (χ1v) is 5.23. The van der Waals surface area contributed by atoms with E-state index < -0.39 is 33.5 Å². The summed E-state index contributed by atoms with van der Waals surface area (Å²) in [6.07, 6.45) is 0. The first kappa shape index (κ1) is 13.0. The number of benzene rings is 1. The summed E-state index contributed by atoms with van der Waals surface area (Å²) in [5, 5.41) is 16.4. The van der Waals surface area contributed by atoms with E-state index in [0.717, 1.165) is 24.3 Å². The average molecular weight is 286 g/mol. The number of H-pyrrole nitrogens is 1. The zero-order chi connectivity index (χ0) is 14.0. The van der Waals surface area contributed by atoms with Crippen LogP contribution in [0.3, 0.4) is 0 Å². The Kier molecular flexibility index (Phi) is 3.43. The van der Waals surface area contributed by atoms with Gasteiger partial charge in [-0.3, -0.25) is 20.0 Å². The molecule has 0 unspecified atom stereocenters. The quantitative estimate of drug-likeness (QED) is 0.689. The van der Waals surface area contributed by atoms with Gasteiger partial charge in [-0.1, -0.05) is 17.7 Å². The van der Waals surface area contributed by atoms with Crippen molar-refractivity contribution < 1.29 is 14.1 Å². The lowest BCUT2D eigenvalue weighted by atomic mass is 10.3. The number of ether oxygens (including phenoxy) is 1.